The summed E-state index contributed by atoms with van der Waals surface area (Å²) in [7, 11) is 1.46. The Labute approximate surface area is 149 Å². The number of thioether (sulfide) groups is 1. The van der Waals surface area contributed by atoms with Crippen LogP contribution in [0.2, 0.25) is 0 Å². The zero-order chi connectivity index (χ0) is 17.8. The van der Waals surface area contributed by atoms with Gasteiger partial charge in [0.1, 0.15) is 12.4 Å². The fourth-order valence-corrected chi connectivity index (χ4v) is 3.15. The summed E-state index contributed by atoms with van der Waals surface area (Å²) in [6, 6.07) is 16.6. The molecule has 3 rings (SSSR count). The molecule has 0 N–H and O–H groups in total. The molecule has 0 spiro atoms. The van der Waals surface area contributed by atoms with Crippen LogP contribution in [-0.4, -0.2) is 23.1 Å². The number of benzene rings is 2. The van der Waals surface area contributed by atoms with Gasteiger partial charge in [-0.2, -0.15) is 5.26 Å². The summed E-state index contributed by atoms with van der Waals surface area (Å²) in [6.45, 7) is 0.240. The Morgan fingerprint density at radius 2 is 1.88 bits per heavy atom. The van der Waals surface area contributed by atoms with Gasteiger partial charge in [-0.1, -0.05) is 36.4 Å². The average Bonchev–Trinajstić information content (AvgIpc) is 2.88. The molecule has 1 aliphatic rings. The first kappa shape index (κ1) is 16.8. The predicted molar refractivity (Wildman–Crippen MR) is 95.7 cm³/mol. The van der Waals surface area contributed by atoms with Crippen LogP contribution in [0.25, 0.3) is 6.08 Å². The summed E-state index contributed by atoms with van der Waals surface area (Å²) in [4.78, 5) is 25.1. The quantitative estimate of drug-likeness (QED) is 0.784. The van der Waals surface area contributed by atoms with Crippen LogP contribution in [-0.2, 0) is 11.4 Å². The van der Waals surface area contributed by atoms with Crippen molar-refractivity contribution in [2.45, 2.75) is 6.61 Å². The Hall–Kier alpha value is -3.04. The van der Waals surface area contributed by atoms with Crippen molar-refractivity contribution in [1.82, 2.24) is 4.90 Å². The maximum absolute atomic E-state index is 12.0. The SMILES string of the molecule is CN1C(=O)S/C(=C\c2ccccc2OCc2ccccc2C#N)C1=O. The Balaban J connectivity index is 1.84. The van der Waals surface area contributed by atoms with E-state index in [2.05, 4.69) is 6.07 Å². The minimum atomic E-state index is -0.320. The number of nitriles is 1. The summed E-state index contributed by atoms with van der Waals surface area (Å²) < 4.78 is 5.85. The number of carbonyl (C=O) groups excluding carboxylic acids is 2. The highest BCUT2D eigenvalue weighted by Gasteiger charge is 2.31. The Kier molecular flexibility index (Phi) is 4.87. The number of nitrogens with zero attached hydrogens (tertiary/aromatic N) is 2. The number of carbonyl (C=O) groups is 2. The lowest BCUT2D eigenvalue weighted by molar-refractivity contribution is -0.121. The first-order chi connectivity index (χ1) is 12.1. The second-order valence-electron chi connectivity index (χ2n) is 5.34. The molecular weight excluding hydrogens is 336 g/mol. The molecule has 1 fully saturated rings. The molecule has 0 bridgehead atoms. The lowest BCUT2D eigenvalue weighted by Crippen LogP contribution is -2.22. The minimum absolute atomic E-state index is 0.240. The number of likely N-dealkylation sites (N-methyl/N-ethyl adjacent to an activating group) is 1. The molecule has 1 aliphatic heterocycles. The van der Waals surface area contributed by atoms with Crippen LogP contribution in [0.15, 0.2) is 53.4 Å². The van der Waals surface area contributed by atoms with Crippen LogP contribution in [0.4, 0.5) is 4.79 Å². The van der Waals surface area contributed by atoms with E-state index in [-0.39, 0.29) is 17.8 Å². The van der Waals surface area contributed by atoms with Gasteiger partial charge in [0.05, 0.1) is 16.5 Å². The maximum Gasteiger partial charge on any atom is 0.293 e. The van der Waals surface area contributed by atoms with Crippen LogP contribution in [0.5, 0.6) is 5.75 Å². The van der Waals surface area contributed by atoms with E-state index in [1.807, 2.05) is 30.3 Å². The highest BCUT2D eigenvalue weighted by Crippen LogP contribution is 2.33. The van der Waals surface area contributed by atoms with E-state index in [9.17, 15) is 9.59 Å². The summed E-state index contributed by atoms with van der Waals surface area (Å²) in [5.74, 6) is 0.262. The lowest BCUT2D eigenvalue weighted by atomic mass is 10.1. The van der Waals surface area contributed by atoms with Crippen molar-refractivity contribution in [1.29, 1.82) is 5.26 Å². The number of amides is 2. The molecule has 0 radical (unpaired) electrons. The third-order valence-corrected chi connectivity index (χ3v) is 4.67. The second-order valence-corrected chi connectivity index (χ2v) is 6.33. The molecule has 0 atom stereocenters. The van der Waals surface area contributed by atoms with Gasteiger partial charge in [-0.15, -0.1) is 0 Å². The normalized spacial score (nSPS) is 15.5. The van der Waals surface area contributed by atoms with Crippen molar-refractivity contribution in [3.05, 3.63) is 70.1 Å². The van der Waals surface area contributed by atoms with E-state index in [1.165, 1.54) is 7.05 Å². The molecule has 0 unspecified atom stereocenters. The topological polar surface area (TPSA) is 70.4 Å². The lowest BCUT2D eigenvalue weighted by Gasteiger charge is -2.10. The van der Waals surface area contributed by atoms with Crippen LogP contribution < -0.4 is 4.74 Å². The fraction of sp³-hybridized carbons (Fsp3) is 0.105. The van der Waals surface area contributed by atoms with Gasteiger partial charge in [0, 0.05) is 18.2 Å². The van der Waals surface area contributed by atoms with Gasteiger partial charge in [-0.25, -0.2) is 0 Å². The van der Waals surface area contributed by atoms with Crippen LogP contribution in [0.3, 0.4) is 0 Å². The number of ether oxygens (including phenoxy) is 1. The van der Waals surface area contributed by atoms with E-state index >= 15 is 0 Å². The van der Waals surface area contributed by atoms with E-state index in [0.29, 0.717) is 21.8 Å². The van der Waals surface area contributed by atoms with Crippen molar-refractivity contribution in [2.24, 2.45) is 0 Å². The van der Waals surface area contributed by atoms with Crippen molar-refractivity contribution in [3.63, 3.8) is 0 Å². The zero-order valence-corrected chi connectivity index (χ0v) is 14.2. The van der Waals surface area contributed by atoms with Crippen LogP contribution >= 0.6 is 11.8 Å². The molecule has 0 saturated carbocycles. The molecule has 2 aromatic rings. The Bertz CT molecular complexity index is 915. The molecule has 0 aliphatic carbocycles. The molecule has 0 aromatic heterocycles. The van der Waals surface area contributed by atoms with Crippen molar-refractivity contribution in [3.8, 4) is 11.8 Å². The Morgan fingerprint density at radius 3 is 2.60 bits per heavy atom. The first-order valence-corrected chi connectivity index (χ1v) is 8.33. The van der Waals surface area contributed by atoms with Gasteiger partial charge >= 0.3 is 0 Å². The number of para-hydroxylation sites is 1. The van der Waals surface area contributed by atoms with Crippen LogP contribution in [0.1, 0.15) is 16.7 Å². The standard InChI is InChI=1S/C19H14N2O3S/c1-21-18(22)17(25-19(21)23)10-13-6-4-5-9-16(13)24-12-15-8-3-2-7-14(15)11-20/h2-10H,12H2,1H3/b17-10-. The first-order valence-electron chi connectivity index (χ1n) is 7.51. The molecular formula is C19H14N2O3S. The Morgan fingerprint density at radius 1 is 1.16 bits per heavy atom. The van der Waals surface area contributed by atoms with E-state index in [0.717, 1.165) is 22.2 Å². The molecule has 6 heteroatoms. The van der Waals surface area contributed by atoms with Gasteiger partial charge in [-0.05, 0) is 30.0 Å². The zero-order valence-electron chi connectivity index (χ0n) is 13.4. The number of hydrogen-bond donors (Lipinski definition) is 0. The van der Waals surface area contributed by atoms with Gasteiger partial charge in [0.25, 0.3) is 11.1 Å². The molecule has 1 heterocycles. The van der Waals surface area contributed by atoms with Crippen molar-refractivity contribution >= 4 is 29.0 Å². The largest absolute Gasteiger partial charge is 0.488 e. The molecule has 25 heavy (non-hydrogen) atoms. The second kappa shape index (κ2) is 7.24. The molecule has 5 nitrogen and oxygen atoms in total. The molecule has 124 valence electrons. The number of hydrogen-bond acceptors (Lipinski definition) is 5. The van der Waals surface area contributed by atoms with E-state index in [1.54, 1.807) is 24.3 Å². The summed E-state index contributed by atoms with van der Waals surface area (Å²) in [5, 5.41) is 8.85. The van der Waals surface area contributed by atoms with Gasteiger partial charge in [0.15, 0.2) is 0 Å². The number of imide groups is 1. The number of rotatable bonds is 4. The maximum atomic E-state index is 12.0. The highest BCUT2D eigenvalue weighted by molar-refractivity contribution is 8.18. The highest BCUT2D eigenvalue weighted by atomic mass is 32.2. The van der Waals surface area contributed by atoms with Crippen molar-refractivity contribution < 1.29 is 14.3 Å². The smallest absolute Gasteiger partial charge is 0.293 e. The van der Waals surface area contributed by atoms with E-state index < -0.39 is 0 Å². The monoisotopic (exact) mass is 350 g/mol. The predicted octanol–water partition coefficient (Wildman–Crippen LogP) is 3.80. The average molecular weight is 350 g/mol. The minimum Gasteiger partial charge on any atom is -0.488 e. The van der Waals surface area contributed by atoms with E-state index in [4.69, 9.17) is 10.00 Å². The third kappa shape index (κ3) is 3.57. The summed E-state index contributed by atoms with van der Waals surface area (Å²) in [6.07, 6.45) is 1.65. The van der Waals surface area contributed by atoms with Gasteiger partial charge < -0.3 is 4.74 Å². The molecule has 1 saturated heterocycles. The van der Waals surface area contributed by atoms with Crippen LogP contribution in [0, 0.1) is 11.3 Å². The third-order valence-electron chi connectivity index (χ3n) is 3.71. The molecule has 2 amide bonds. The fourth-order valence-electron chi connectivity index (χ4n) is 2.33. The molecule has 2 aromatic carbocycles. The summed E-state index contributed by atoms with van der Waals surface area (Å²) >= 11 is 0.906. The van der Waals surface area contributed by atoms with Gasteiger partial charge in [0.2, 0.25) is 0 Å². The van der Waals surface area contributed by atoms with Gasteiger partial charge in [-0.3, -0.25) is 14.5 Å². The van der Waals surface area contributed by atoms with Crippen molar-refractivity contribution in [2.75, 3.05) is 7.05 Å². The summed E-state index contributed by atoms with van der Waals surface area (Å²) in [5.41, 5.74) is 2.05.